The molecule has 1 amide bonds. The third kappa shape index (κ3) is 3.91. The fourth-order valence-corrected chi connectivity index (χ4v) is 6.31. The first kappa shape index (κ1) is 22.0. The molecule has 0 saturated carbocycles. The normalized spacial score (nSPS) is 22.9. The van der Waals surface area contributed by atoms with E-state index in [1.165, 1.54) is 40.6 Å². The summed E-state index contributed by atoms with van der Waals surface area (Å²) in [4.78, 5) is 32.3. The average molecular weight is 471 g/mol. The summed E-state index contributed by atoms with van der Waals surface area (Å²) in [6.07, 6.45) is 4.89. The number of ketones is 1. The Balaban J connectivity index is 1.17. The zero-order valence-corrected chi connectivity index (χ0v) is 19.4. The molecular weight excluding hydrogens is 443 g/mol. The predicted molar refractivity (Wildman–Crippen MR) is 130 cm³/mol. The Morgan fingerprint density at radius 2 is 1.57 bits per heavy atom. The molecule has 2 unspecified atom stereocenters. The first-order chi connectivity index (χ1) is 17.1. The second-order valence-electron chi connectivity index (χ2n) is 9.84. The molecule has 2 saturated heterocycles. The molecule has 2 fully saturated rings. The maximum Gasteiger partial charge on any atom is 0.410 e. The van der Waals surface area contributed by atoms with E-state index in [2.05, 4.69) is 29.2 Å². The van der Waals surface area contributed by atoms with E-state index in [1.54, 1.807) is 0 Å². The SMILES string of the molecule is O=C(c1cc(F)ccn1)C1CC2CCCC(C1)N2C(=O)OCC1c2ccccc2-c2ccccc21. The lowest BCUT2D eigenvalue weighted by molar-refractivity contribution is 0.00640. The maximum absolute atomic E-state index is 13.6. The van der Waals surface area contributed by atoms with E-state index in [1.807, 2.05) is 29.2 Å². The van der Waals surface area contributed by atoms with Gasteiger partial charge in [0.05, 0.1) is 0 Å². The molecule has 6 rings (SSSR count). The summed E-state index contributed by atoms with van der Waals surface area (Å²) in [5, 5.41) is 0. The van der Waals surface area contributed by atoms with Crippen LogP contribution in [0.3, 0.4) is 0 Å². The number of Topliss-reactive ketones (excluding diaryl/α,β-unsaturated/α-hetero) is 1. The molecule has 3 aromatic rings. The van der Waals surface area contributed by atoms with Gasteiger partial charge in [0.2, 0.25) is 0 Å². The van der Waals surface area contributed by atoms with Crippen molar-refractivity contribution in [1.29, 1.82) is 0 Å². The molecule has 2 aliphatic heterocycles. The van der Waals surface area contributed by atoms with Crippen molar-refractivity contribution in [2.45, 2.75) is 50.1 Å². The van der Waals surface area contributed by atoms with E-state index in [4.69, 9.17) is 4.74 Å². The van der Waals surface area contributed by atoms with Crippen molar-refractivity contribution in [3.05, 3.63) is 89.5 Å². The molecule has 2 atom stereocenters. The third-order valence-electron chi connectivity index (χ3n) is 7.87. The van der Waals surface area contributed by atoms with Gasteiger partial charge in [0.15, 0.2) is 5.78 Å². The lowest BCUT2D eigenvalue weighted by Gasteiger charge is -2.47. The van der Waals surface area contributed by atoms with Gasteiger partial charge in [-0.05, 0) is 60.4 Å². The number of carbonyl (C=O) groups is 2. The number of hydrogen-bond donors (Lipinski definition) is 0. The van der Waals surface area contributed by atoms with Crippen molar-refractivity contribution in [3.63, 3.8) is 0 Å². The number of rotatable bonds is 4. The second kappa shape index (κ2) is 8.91. The van der Waals surface area contributed by atoms with Gasteiger partial charge in [-0.3, -0.25) is 9.78 Å². The number of halogens is 1. The number of hydrogen-bond acceptors (Lipinski definition) is 4. The first-order valence-electron chi connectivity index (χ1n) is 12.4. The number of benzene rings is 2. The molecule has 5 nitrogen and oxygen atoms in total. The average Bonchev–Trinajstić information content (AvgIpc) is 3.20. The number of carbonyl (C=O) groups excluding carboxylic acids is 2. The van der Waals surface area contributed by atoms with Crippen LogP contribution in [0.5, 0.6) is 0 Å². The monoisotopic (exact) mass is 470 g/mol. The van der Waals surface area contributed by atoms with Gasteiger partial charge in [-0.2, -0.15) is 0 Å². The fourth-order valence-electron chi connectivity index (χ4n) is 6.31. The van der Waals surface area contributed by atoms with Gasteiger partial charge in [-0.25, -0.2) is 9.18 Å². The van der Waals surface area contributed by atoms with E-state index >= 15 is 0 Å². The zero-order valence-electron chi connectivity index (χ0n) is 19.4. The van der Waals surface area contributed by atoms with Crippen molar-refractivity contribution < 1.29 is 18.7 Å². The predicted octanol–water partition coefficient (Wildman–Crippen LogP) is 5.99. The summed E-state index contributed by atoms with van der Waals surface area (Å²) in [7, 11) is 0. The number of amides is 1. The lowest BCUT2D eigenvalue weighted by atomic mass is 9.76. The van der Waals surface area contributed by atoms with Gasteiger partial charge in [0.1, 0.15) is 18.1 Å². The number of ether oxygens (including phenoxy) is 1. The van der Waals surface area contributed by atoms with E-state index < -0.39 is 5.82 Å². The molecule has 0 radical (unpaired) electrons. The number of pyridine rings is 1. The van der Waals surface area contributed by atoms with E-state index in [0.29, 0.717) is 19.4 Å². The Labute approximate surface area is 203 Å². The quantitative estimate of drug-likeness (QED) is 0.440. The van der Waals surface area contributed by atoms with Gasteiger partial charge in [-0.1, -0.05) is 48.5 Å². The summed E-state index contributed by atoms with van der Waals surface area (Å²) in [5.41, 5.74) is 4.95. The van der Waals surface area contributed by atoms with Crippen LogP contribution < -0.4 is 0 Å². The molecule has 3 heterocycles. The molecule has 6 heteroatoms. The van der Waals surface area contributed by atoms with Gasteiger partial charge in [-0.15, -0.1) is 0 Å². The zero-order chi connectivity index (χ0) is 23.9. The van der Waals surface area contributed by atoms with Crippen LogP contribution in [0.25, 0.3) is 11.1 Å². The number of aromatic nitrogens is 1. The van der Waals surface area contributed by atoms with Crippen molar-refractivity contribution in [2.75, 3.05) is 6.61 Å². The van der Waals surface area contributed by atoms with Crippen LogP contribution in [0.2, 0.25) is 0 Å². The number of nitrogens with zero attached hydrogens (tertiary/aromatic N) is 2. The molecule has 0 spiro atoms. The Kier molecular flexibility index (Phi) is 5.59. The molecule has 2 bridgehead atoms. The van der Waals surface area contributed by atoms with Crippen molar-refractivity contribution in [3.8, 4) is 11.1 Å². The second-order valence-corrected chi connectivity index (χ2v) is 9.84. The molecule has 3 aliphatic rings. The minimum atomic E-state index is -0.459. The van der Waals surface area contributed by atoms with Crippen molar-refractivity contribution in [2.24, 2.45) is 5.92 Å². The lowest BCUT2D eigenvalue weighted by Crippen LogP contribution is -2.56. The van der Waals surface area contributed by atoms with Gasteiger partial charge in [0, 0.05) is 36.2 Å². The van der Waals surface area contributed by atoms with Crippen LogP contribution >= 0.6 is 0 Å². The highest BCUT2D eigenvalue weighted by atomic mass is 19.1. The summed E-state index contributed by atoms with van der Waals surface area (Å²) < 4.78 is 19.6. The number of fused-ring (bicyclic) bond motifs is 5. The highest BCUT2D eigenvalue weighted by molar-refractivity contribution is 5.96. The molecule has 1 aliphatic carbocycles. The summed E-state index contributed by atoms with van der Waals surface area (Å²) in [6, 6.07) is 19.0. The molecule has 178 valence electrons. The minimum absolute atomic E-state index is 0.0179. The van der Waals surface area contributed by atoms with Crippen molar-refractivity contribution in [1.82, 2.24) is 9.88 Å². The molecule has 0 N–H and O–H groups in total. The molecule has 35 heavy (non-hydrogen) atoms. The van der Waals surface area contributed by atoms with Crippen LogP contribution in [0.4, 0.5) is 9.18 Å². The summed E-state index contributed by atoms with van der Waals surface area (Å²) in [6.45, 7) is 0.290. The van der Waals surface area contributed by atoms with E-state index in [-0.39, 0.29) is 41.5 Å². The third-order valence-corrected chi connectivity index (χ3v) is 7.87. The van der Waals surface area contributed by atoms with Crippen LogP contribution in [0, 0.1) is 11.7 Å². The highest BCUT2D eigenvalue weighted by Gasteiger charge is 2.44. The molecular formula is C29H27FN2O3. The molecule has 1 aromatic heterocycles. The summed E-state index contributed by atoms with van der Waals surface area (Å²) >= 11 is 0. The van der Waals surface area contributed by atoms with Crippen molar-refractivity contribution >= 4 is 11.9 Å². The molecule has 2 aromatic carbocycles. The van der Waals surface area contributed by atoms with E-state index in [9.17, 15) is 14.0 Å². The Morgan fingerprint density at radius 3 is 2.20 bits per heavy atom. The fraction of sp³-hybridized carbons (Fsp3) is 0.345. The van der Waals surface area contributed by atoms with E-state index in [0.717, 1.165) is 19.3 Å². The largest absolute Gasteiger partial charge is 0.448 e. The standard InChI is InChI=1S/C29H27FN2O3/c30-19-12-13-31-27(16-19)28(33)18-14-20-6-5-7-21(15-18)32(20)29(34)35-17-26-24-10-3-1-8-22(24)23-9-2-4-11-25(23)26/h1-4,8-13,16,18,20-21,26H,5-7,14-15,17H2. The number of piperidine rings is 2. The van der Waals surface area contributed by atoms with Crippen LogP contribution in [-0.2, 0) is 4.74 Å². The van der Waals surface area contributed by atoms with Crippen LogP contribution in [-0.4, -0.2) is 40.5 Å². The Bertz CT molecular complexity index is 1230. The minimum Gasteiger partial charge on any atom is -0.448 e. The Hall–Kier alpha value is -3.54. The Morgan fingerprint density at radius 1 is 0.943 bits per heavy atom. The van der Waals surface area contributed by atoms with Crippen LogP contribution in [0.1, 0.15) is 59.6 Å². The maximum atomic E-state index is 13.6. The summed E-state index contributed by atoms with van der Waals surface area (Å²) in [5.74, 6) is -0.824. The van der Waals surface area contributed by atoms with Gasteiger partial charge < -0.3 is 9.64 Å². The van der Waals surface area contributed by atoms with Gasteiger partial charge in [0.25, 0.3) is 0 Å². The topological polar surface area (TPSA) is 59.5 Å². The first-order valence-corrected chi connectivity index (χ1v) is 12.4. The highest BCUT2D eigenvalue weighted by Crippen LogP contribution is 2.45. The van der Waals surface area contributed by atoms with Gasteiger partial charge >= 0.3 is 6.09 Å². The smallest absolute Gasteiger partial charge is 0.410 e. The van der Waals surface area contributed by atoms with Crippen LogP contribution in [0.15, 0.2) is 66.9 Å².